The molecule has 0 spiro atoms. The highest BCUT2D eigenvalue weighted by Crippen LogP contribution is 2.27. The van der Waals surface area contributed by atoms with Gasteiger partial charge in [-0.15, -0.1) is 0 Å². The van der Waals surface area contributed by atoms with Gasteiger partial charge in [0.05, 0.1) is 12.1 Å². The normalized spacial score (nSPS) is 12.2. The van der Waals surface area contributed by atoms with Crippen molar-refractivity contribution in [1.82, 2.24) is 24.5 Å². The topological polar surface area (TPSA) is 76.5 Å². The molecule has 0 saturated carbocycles. The Morgan fingerprint density at radius 1 is 1.15 bits per heavy atom. The number of halogens is 2. The van der Waals surface area contributed by atoms with Gasteiger partial charge < -0.3 is 9.55 Å². The molecule has 3 aromatic heterocycles. The first kappa shape index (κ1) is 17.3. The molecule has 6 nitrogen and oxygen atoms in total. The summed E-state index contributed by atoms with van der Waals surface area (Å²) in [4.78, 5) is 27.6. The van der Waals surface area contributed by atoms with E-state index in [9.17, 15) is 13.6 Å². The van der Waals surface area contributed by atoms with Crippen LogP contribution in [0.15, 0.2) is 35.4 Å². The minimum atomic E-state index is -1.07. The summed E-state index contributed by atoms with van der Waals surface area (Å²) >= 11 is 0. The van der Waals surface area contributed by atoms with Gasteiger partial charge in [-0.25, -0.2) is 23.7 Å². The van der Waals surface area contributed by atoms with Crippen LogP contribution in [0.25, 0.3) is 22.2 Å². The quantitative estimate of drug-likeness (QED) is 0.588. The molecule has 0 unspecified atom stereocenters. The van der Waals surface area contributed by atoms with Crippen LogP contribution >= 0.6 is 0 Å². The lowest BCUT2D eigenvalue weighted by atomic mass is 9.95. The number of nitrogens with one attached hydrogen (secondary N) is 1. The number of aromatic amines is 1. The second kappa shape index (κ2) is 5.94. The van der Waals surface area contributed by atoms with Gasteiger partial charge in [0.15, 0.2) is 22.9 Å². The number of hydrogen-bond acceptors (Lipinski definition) is 4. The van der Waals surface area contributed by atoms with Gasteiger partial charge in [-0.1, -0.05) is 20.8 Å². The van der Waals surface area contributed by atoms with E-state index in [1.165, 1.54) is 12.1 Å². The maximum absolute atomic E-state index is 14.2. The number of benzene rings is 1. The molecule has 0 atom stereocenters. The van der Waals surface area contributed by atoms with Gasteiger partial charge in [-0.05, 0) is 17.7 Å². The molecule has 4 aromatic rings. The van der Waals surface area contributed by atoms with Crippen LogP contribution in [0.3, 0.4) is 0 Å². The fourth-order valence-corrected chi connectivity index (χ4v) is 3.21. The van der Waals surface area contributed by atoms with Crippen LogP contribution in [0.5, 0.6) is 0 Å². The SMILES string of the molecule is CC(C)(C)c1nc2nccnc2n1Cc1cc(=O)[nH]c2c(F)c(F)ccc12. The van der Waals surface area contributed by atoms with Gasteiger partial charge >= 0.3 is 0 Å². The predicted molar refractivity (Wildman–Crippen MR) is 97.6 cm³/mol. The van der Waals surface area contributed by atoms with Crippen molar-refractivity contribution in [2.75, 3.05) is 0 Å². The molecule has 4 rings (SSSR count). The second-order valence-corrected chi connectivity index (χ2v) is 7.42. The lowest BCUT2D eigenvalue weighted by Crippen LogP contribution is -2.20. The Bertz CT molecular complexity index is 1240. The molecule has 0 radical (unpaired) electrons. The molecule has 27 heavy (non-hydrogen) atoms. The molecule has 0 bridgehead atoms. The van der Waals surface area contributed by atoms with Crippen molar-refractivity contribution in [1.29, 1.82) is 0 Å². The predicted octanol–water partition coefficient (Wildman–Crippen LogP) is 3.29. The van der Waals surface area contributed by atoms with E-state index in [4.69, 9.17) is 0 Å². The minimum Gasteiger partial charge on any atom is -0.319 e. The standard InChI is InChI=1S/C19H17F2N5O/c1-19(2,3)18-25-16-17(23-7-6-22-16)26(18)9-10-8-13(27)24-15-11(10)4-5-12(20)14(15)21/h4-8H,9H2,1-3H3,(H,24,27). The zero-order valence-electron chi connectivity index (χ0n) is 15.0. The second-order valence-electron chi connectivity index (χ2n) is 7.42. The van der Waals surface area contributed by atoms with E-state index in [1.807, 2.05) is 25.3 Å². The van der Waals surface area contributed by atoms with Crippen molar-refractivity contribution in [2.45, 2.75) is 32.7 Å². The maximum atomic E-state index is 14.2. The van der Waals surface area contributed by atoms with E-state index in [0.717, 1.165) is 11.9 Å². The Kier molecular flexibility index (Phi) is 3.80. The van der Waals surface area contributed by atoms with Crippen molar-refractivity contribution < 1.29 is 8.78 Å². The zero-order valence-corrected chi connectivity index (χ0v) is 15.0. The third-order valence-electron chi connectivity index (χ3n) is 4.38. The molecule has 3 heterocycles. The van der Waals surface area contributed by atoms with Crippen molar-refractivity contribution in [3.63, 3.8) is 0 Å². The van der Waals surface area contributed by atoms with Crippen molar-refractivity contribution >= 4 is 22.2 Å². The Morgan fingerprint density at radius 3 is 2.63 bits per heavy atom. The summed E-state index contributed by atoms with van der Waals surface area (Å²) in [6.07, 6.45) is 3.13. The van der Waals surface area contributed by atoms with E-state index in [-0.39, 0.29) is 17.5 Å². The molecule has 0 fully saturated rings. The van der Waals surface area contributed by atoms with Gasteiger partial charge in [0, 0.05) is 29.3 Å². The Labute approximate surface area is 152 Å². The summed E-state index contributed by atoms with van der Waals surface area (Å²) in [6.45, 7) is 6.26. The summed E-state index contributed by atoms with van der Waals surface area (Å²) in [7, 11) is 0. The zero-order chi connectivity index (χ0) is 19.3. The monoisotopic (exact) mass is 369 g/mol. The number of rotatable bonds is 2. The largest absolute Gasteiger partial charge is 0.319 e. The molecule has 8 heteroatoms. The van der Waals surface area contributed by atoms with E-state index in [1.54, 1.807) is 12.4 Å². The summed E-state index contributed by atoms with van der Waals surface area (Å²) in [5, 5.41) is 0.430. The molecule has 1 N–H and O–H groups in total. The molecule has 138 valence electrons. The molecule has 1 aromatic carbocycles. The van der Waals surface area contributed by atoms with Crippen LogP contribution in [-0.2, 0) is 12.0 Å². The number of H-pyrrole nitrogens is 1. The van der Waals surface area contributed by atoms with Gasteiger partial charge in [-0.3, -0.25) is 4.79 Å². The molecule has 0 aliphatic heterocycles. The van der Waals surface area contributed by atoms with Crippen LogP contribution in [0.2, 0.25) is 0 Å². The van der Waals surface area contributed by atoms with E-state index < -0.39 is 17.2 Å². The number of hydrogen-bond donors (Lipinski definition) is 1. The average molecular weight is 369 g/mol. The van der Waals surface area contributed by atoms with Gasteiger partial charge in [0.25, 0.3) is 0 Å². The fraction of sp³-hybridized carbons (Fsp3) is 0.263. The minimum absolute atomic E-state index is 0.148. The first-order valence-electron chi connectivity index (χ1n) is 8.43. The molecule has 0 saturated heterocycles. The Hall–Kier alpha value is -3.16. The number of imidazole rings is 1. The van der Waals surface area contributed by atoms with Crippen LogP contribution < -0.4 is 5.56 Å². The van der Waals surface area contributed by atoms with E-state index >= 15 is 0 Å². The van der Waals surface area contributed by atoms with Crippen LogP contribution in [0.4, 0.5) is 8.78 Å². The number of pyridine rings is 1. The third-order valence-corrected chi connectivity index (χ3v) is 4.38. The van der Waals surface area contributed by atoms with Crippen LogP contribution in [0, 0.1) is 11.6 Å². The van der Waals surface area contributed by atoms with Crippen molar-refractivity contribution in [2.24, 2.45) is 0 Å². The maximum Gasteiger partial charge on any atom is 0.248 e. The summed E-state index contributed by atoms with van der Waals surface area (Å²) in [5.74, 6) is -1.35. The lowest BCUT2D eigenvalue weighted by Gasteiger charge is -2.20. The van der Waals surface area contributed by atoms with E-state index in [2.05, 4.69) is 19.9 Å². The highest BCUT2D eigenvalue weighted by molar-refractivity contribution is 5.82. The van der Waals surface area contributed by atoms with Gasteiger partial charge in [-0.2, -0.15) is 0 Å². The molecule has 0 aliphatic carbocycles. The summed E-state index contributed by atoms with van der Waals surface area (Å²) in [6, 6.07) is 3.89. The first-order chi connectivity index (χ1) is 12.8. The number of aromatic nitrogens is 5. The van der Waals surface area contributed by atoms with Gasteiger partial charge in [0.2, 0.25) is 5.56 Å². The Balaban J connectivity index is 1.98. The van der Waals surface area contributed by atoms with Crippen molar-refractivity contribution in [3.05, 3.63) is 64.0 Å². The third kappa shape index (κ3) is 2.87. The van der Waals surface area contributed by atoms with Crippen LogP contribution in [0.1, 0.15) is 32.2 Å². The lowest BCUT2D eigenvalue weighted by molar-refractivity contribution is 0.513. The average Bonchev–Trinajstić information content (AvgIpc) is 2.98. The molecule has 0 aliphatic rings. The Morgan fingerprint density at radius 2 is 1.89 bits per heavy atom. The van der Waals surface area contributed by atoms with Gasteiger partial charge in [0.1, 0.15) is 5.82 Å². The highest BCUT2D eigenvalue weighted by atomic mass is 19.2. The van der Waals surface area contributed by atoms with Crippen molar-refractivity contribution in [3.8, 4) is 0 Å². The molecular formula is C19H17F2N5O. The first-order valence-corrected chi connectivity index (χ1v) is 8.43. The summed E-state index contributed by atoms with van der Waals surface area (Å²) < 4.78 is 29.6. The number of fused-ring (bicyclic) bond motifs is 2. The number of nitrogens with zero attached hydrogens (tertiary/aromatic N) is 4. The molecular weight excluding hydrogens is 352 g/mol. The van der Waals surface area contributed by atoms with Crippen LogP contribution in [-0.4, -0.2) is 24.5 Å². The molecule has 0 amide bonds. The highest BCUT2D eigenvalue weighted by Gasteiger charge is 2.25. The summed E-state index contributed by atoms with van der Waals surface area (Å²) in [5.41, 5.74) is 0.645. The smallest absolute Gasteiger partial charge is 0.248 e. The fourth-order valence-electron chi connectivity index (χ4n) is 3.21. The van der Waals surface area contributed by atoms with E-state index in [0.29, 0.717) is 22.2 Å².